The zero-order chi connectivity index (χ0) is 8.10. The van der Waals surface area contributed by atoms with Crippen LogP contribution in [0, 0.1) is 0 Å². The Morgan fingerprint density at radius 3 is 2.91 bits per heavy atom. The number of aromatic nitrogens is 1. The number of rotatable bonds is 2. The fraction of sp³-hybridized carbons (Fsp3) is 0. The molecule has 0 aliphatic heterocycles. The summed E-state index contributed by atoms with van der Waals surface area (Å²) in [5.41, 5.74) is 0.442. The van der Waals surface area contributed by atoms with Gasteiger partial charge in [-0.3, -0.25) is 9.78 Å². The monoisotopic (exact) mass is 165 g/mol. The highest BCUT2D eigenvalue weighted by atomic mass is 32.1. The van der Waals surface area contributed by atoms with Gasteiger partial charge in [-0.2, -0.15) is 12.6 Å². The fourth-order valence-electron chi connectivity index (χ4n) is 0.662. The molecular weight excluding hydrogens is 158 g/mol. The third-order valence-electron chi connectivity index (χ3n) is 1.14. The second-order valence-electron chi connectivity index (χ2n) is 1.89. The Morgan fingerprint density at radius 1 is 1.55 bits per heavy atom. The van der Waals surface area contributed by atoms with E-state index in [0.717, 1.165) is 0 Å². The molecular formula is C8H7NOS. The second kappa shape index (κ2) is 3.93. The summed E-state index contributed by atoms with van der Waals surface area (Å²) in [5, 5.41) is 1.40. The van der Waals surface area contributed by atoms with Gasteiger partial charge in [0, 0.05) is 6.20 Å². The van der Waals surface area contributed by atoms with E-state index < -0.39 is 0 Å². The Morgan fingerprint density at radius 2 is 2.36 bits per heavy atom. The number of thiol groups is 1. The Kier molecular flexibility index (Phi) is 2.86. The highest BCUT2D eigenvalue weighted by molar-refractivity contribution is 7.83. The molecule has 0 radical (unpaired) electrons. The van der Waals surface area contributed by atoms with Gasteiger partial charge in [-0.25, -0.2) is 0 Å². The first-order chi connectivity index (χ1) is 5.34. The maximum Gasteiger partial charge on any atom is 0.204 e. The molecule has 0 aliphatic rings. The van der Waals surface area contributed by atoms with Gasteiger partial charge in [0.15, 0.2) is 0 Å². The minimum atomic E-state index is -0.124. The minimum absolute atomic E-state index is 0.124. The predicted molar refractivity (Wildman–Crippen MR) is 46.7 cm³/mol. The van der Waals surface area contributed by atoms with E-state index in [0.29, 0.717) is 5.69 Å². The maximum atomic E-state index is 11.0. The number of carbonyl (C=O) groups is 1. The van der Waals surface area contributed by atoms with E-state index in [2.05, 4.69) is 17.6 Å². The molecule has 56 valence electrons. The van der Waals surface area contributed by atoms with Crippen molar-refractivity contribution in [3.63, 3.8) is 0 Å². The average molecular weight is 165 g/mol. The summed E-state index contributed by atoms with van der Waals surface area (Å²) in [6.07, 6.45) is 2.95. The average Bonchev–Trinajstić information content (AvgIpc) is 2.07. The molecule has 11 heavy (non-hydrogen) atoms. The summed E-state index contributed by atoms with van der Waals surface area (Å²) in [7, 11) is 0. The molecule has 1 aromatic heterocycles. The molecule has 1 heterocycles. The van der Waals surface area contributed by atoms with E-state index in [1.54, 1.807) is 24.4 Å². The van der Waals surface area contributed by atoms with Crippen LogP contribution in [-0.2, 0) is 0 Å². The Hall–Kier alpha value is -1.09. The molecule has 0 spiro atoms. The van der Waals surface area contributed by atoms with Gasteiger partial charge in [0.1, 0.15) is 5.69 Å². The number of nitrogens with zero attached hydrogens (tertiary/aromatic N) is 1. The smallest absolute Gasteiger partial charge is 0.204 e. The number of allylic oxidation sites excluding steroid dienone is 1. The number of hydrogen-bond donors (Lipinski definition) is 1. The highest BCUT2D eigenvalue weighted by Crippen LogP contribution is 1.96. The number of pyridine rings is 1. The van der Waals surface area contributed by atoms with Gasteiger partial charge in [0.05, 0.1) is 0 Å². The molecule has 1 aromatic rings. The summed E-state index contributed by atoms with van der Waals surface area (Å²) in [6, 6.07) is 5.20. The molecule has 0 saturated carbocycles. The summed E-state index contributed by atoms with van der Waals surface area (Å²) < 4.78 is 0. The molecule has 2 nitrogen and oxygen atoms in total. The molecule has 0 amide bonds. The highest BCUT2D eigenvalue weighted by Gasteiger charge is 1.99. The molecule has 0 unspecified atom stereocenters. The van der Waals surface area contributed by atoms with Crippen molar-refractivity contribution in [3.05, 3.63) is 41.6 Å². The Bertz CT molecular complexity index is 269. The second-order valence-corrected chi connectivity index (χ2v) is 2.19. The molecule has 3 heteroatoms. The van der Waals surface area contributed by atoms with Crippen molar-refractivity contribution < 1.29 is 4.79 Å². The van der Waals surface area contributed by atoms with E-state index in [1.807, 2.05) is 0 Å². The van der Waals surface area contributed by atoms with E-state index in [4.69, 9.17) is 0 Å². The van der Waals surface area contributed by atoms with Crippen LogP contribution in [0.1, 0.15) is 10.5 Å². The van der Waals surface area contributed by atoms with Crippen LogP contribution < -0.4 is 0 Å². The topological polar surface area (TPSA) is 30.0 Å². The van der Waals surface area contributed by atoms with Crippen molar-refractivity contribution in [2.75, 3.05) is 0 Å². The van der Waals surface area contributed by atoms with Gasteiger partial charge >= 0.3 is 0 Å². The van der Waals surface area contributed by atoms with E-state index >= 15 is 0 Å². The predicted octanol–water partition coefficient (Wildman–Crippen LogP) is 1.71. The lowest BCUT2D eigenvalue weighted by Crippen LogP contribution is -1.95. The van der Waals surface area contributed by atoms with Crippen LogP contribution in [0.15, 0.2) is 35.9 Å². The molecule has 0 aromatic carbocycles. The first kappa shape index (κ1) is 8.01. The summed E-state index contributed by atoms with van der Waals surface area (Å²) in [5.74, 6) is -0.124. The van der Waals surface area contributed by atoms with Crippen LogP contribution in [0.5, 0.6) is 0 Å². The van der Waals surface area contributed by atoms with Crippen LogP contribution in [0.3, 0.4) is 0 Å². The first-order valence-electron chi connectivity index (χ1n) is 3.10. The van der Waals surface area contributed by atoms with Crippen molar-refractivity contribution in [2.45, 2.75) is 0 Å². The van der Waals surface area contributed by atoms with Crippen LogP contribution in [0.25, 0.3) is 0 Å². The van der Waals surface area contributed by atoms with Crippen molar-refractivity contribution in [3.8, 4) is 0 Å². The van der Waals surface area contributed by atoms with Gasteiger partial charge in [-0.1, -0.05) is 6.07 Å². The number of ketones is 1. The maximum absolute atomic E-state index is 11.0. The standard InChI is InChI=1S/C8H7NOS/c10-8(4-6-11)7-3-1-2-5-9-7/h1-6,11H/b6-4+. The quantitative estimate of drug-likeness (QED) is 0.410. The van der Waals surface area contributed by atoms with Crippen LogP contribution in [0.2, 0.25) is 0 Å². The molecule has 0 aliphatic carbocycles. The third kappa shape index (κ3) is 2.20. The summed E-state index contributed by atoms with van der Waals surface area (Å²) in [6.45, 7) is 0. The van der Waals surface area contributed by atoms with Crippen molar-refractivity contribution in [1.82, 2.24) is 4.98 Å². The minimum Gasteiger partial charge on any atom is -0.288 e. The van der Waals surface area contributed by atoms with Crippen molar-refractivity contribution >= 4 is 18.4 Å². The normalized spacial score (nSPS) is 10.3. The van der Waals surface area contributed by atoms with Crippen LogP contribution in [0.4, 0.5) is 0 Å². The molecule has 0 saturated heterocycles. The summed E-state index contributed by atoms with van der Waals surface area (Å²) in [4.78, 5) is 14.9. The van der Waals surface area contributed by atoms with Gasteiger partial charge in [-0.15, -0.1) is 0 Å². The molecule has 0 atom stereocenters. The van der Waals surface area contributed by atoms with Crippen molar-refractivity contribution in [1.29, 1.82) is 0 Å². The number of carbonyl (C=O) groups excluding carboxylic acids is 1. The first-order valence-corrected chi connectivity index (χ1v) is 3.62. The zero-order valence-electron chi connectivity index (χ0n) is 5.77. The number of hydrogen-bond acceptors (Lipinski definition) is 3. The zero-order valence-corrected chi connectivity index (χ0v) is 6.66. The van der Waals surface area contributed by atoms with E-state index in [1.165, 1.54) is 11.5 Å². The lowest BCUT2D eigenvalue weighted by Gasteiger charge is -1.90. The van der Waals surface area contributed by atoms with E-state index in [9.17, 15) is 4.79 Å². The Labute approximate surface area is 70.4 Å². The van der Waals surface area contributed by atoms with Crippen LogP contribution in [-0.4, -0.2) is 10.8 Å². The molecule has 0 bridgehead atoms. The van der Waals surface area contributed by atoms with Gasteiger partial charge in [-0.05, 0) is 23.6 Å². The van der Waals surface area contributed by atoms with Gasteiger partial charge < -0.3 is 0 Å². The molecule has 0 fully saturated rings. The van der Waals surface area contributed by atoms with Gasteiger partial charge in [0.25, 0.3) is 0 Å². The lowest BCUT2D eigenvalue weighted by atomic mass is 10.2. The third-order valence-corrected chi connectivity index (χ3v) is 1.29. The van der Waals surface area contributed by atoms with E-state index in [-0.39, 0.29) is 5.78 Å². The largest absolute Gasteiger partial charge is 0.288 e. The Balaban J connectivity index is 2.86. The lowest BCUT2D eigenvalue weighted by molar-refractivity contribution is 0.104. The van der Waals surface area contributed by atoms with Gasteiger partial charge in [0.2, 0.25) is 5.78 Å². The van der Waals surface area contributed by atoms with Crippen molar-refractivity contribution in [2.24, 2.45) is 0 Å². The SMILES string of the molecule is O=C(/C=C/S)c1ccccn1. The molecule has 0 N–H and O–H groups in total. The summed E-state index contributed by atoms with van der Waals surface area (Å²) >= 11 is 3.78. The van der Waals surface area contributed by atoms with Crippen LogP contribution >= 0.6 is 12.6 Å². The molecule has 1 rings (SSSR count). The fourth-order valence-corrected chi connectivity index (χ4v) is 0.797.